The summed E-state index contributed by atoms with van der Waals surface area (Å²) in [5.41, 5.74) is 0. The SMILES string of the molecule is O=C(NCCOc1ccc2c(c1)OCO2)NC1CCN2CCCCC12. The number of nitrogens with zero attached hydrogens (tertiary/aromatic N) is 1. The third-order valence-electron chi connectivity index (χ3n) is 5.17. The third-order valence-corrected chi connectivity index (χ3v) is 5.17. The van der Waals surface area contributed by atoms with E-state index in [0.717, 1.165) is 18.7 Å². The van der Waals surface area contributed by atoms with Crippen LogP contribution in [0.3, 0.4) is 0 Å². The second kappa shape index (κ2) is 7.39. The molecule has 3 aliphatic heterocycles. The number of rotatable bonds is 5. The highest BCUT2D eigenvalue weighted by molar-refractivity contribution is 5.74. The summed E-state index contributed by atoms with van der Waals surface area (Å²) >= 11 is 0. The zero-order valence-electron chi connectivity index (χ0n) is 14.3. The number of hydrogen-bond acceptors (Lipinski definition) is 5. The van der Waals surface area contributed by atoms with Gasteiger partial charge in [0.15, 0.2) is 11.5 Å². The number of piperidine rings is 1. The number of fused-ring (bicyclic) bond motifs is 2. The van der Waals surface area contributed by atoms with E-state index in [0.29, 0.717) is 30.7 Å². The van der Waals surface area contributed by atoms with E-state index in [1.54, 1.807) is 6.07 Å². The molecule has 0 radical (unpaired) electrons. The fourth-order valence-corrected chi connectivity index (χ4v) is 3.94. The normalized spacial score (nSPS) is 24.6. The summed E-state index contributed by atoms with van der Waals surface area (Å²) in [6.45, 7) is 3.39. The van der Waals surface area contributed by atoms with Crippen LogP contribution < -0.4 is 24.8 Å². The molecular formula is C18H25N3O4. The molecular weight excluding hydrogens is 322 g/mol. The lowest BCUT2D eigenvalue weighted by Crippen LogP contribution is -2.50. The molecule has 2 N–H and O–H groups in total. The van der Waals surface area contributed by atoms with Gasteiger partial charge in [-0.2, -0.15) is 0 Å². The van der Waals surface area contributed by atoms with Crippen molar-refractivity contribution in [1.82, 2.24) is 15.5 Å². The molecule has 0 aliphatic carbocycles. The average Bonchev–Trinajstić information content (AvgIpc) is 3.25. The van der Waals surface area contributed by atoms with Crippen LogP contribution in [0, 0.1) is 0 Å². The molecule has 25 heavy (non-hydrogen) atoms. The zero-order valence-corrected chi connectivity index (χ0v) is 14.3. The molecule has 1 aromatic carbocycles. The smallest absolute Gasteiger partial charge is 0.315 e. The van der Waals surface area contributed by atoms with E-state index in [1.165, 1.54) is 25.8 Å². The van der Waals surface area contributed by atoms with Crippen molar-refractivity contribution in [3.8, 4) is 17.2 Å². The van der Waals surface area contributed by atoms with Crippen LogP contribution in [0.4, 0.5) is 4.79 Å². The molecule has 0 bridgehead atoms. The van der Waals surface area contributed by atoms with Gasteiger partial charge in [-0.25, -0.2) is 4.79 Å². The second-order valence-electron chi connectivity index (χ2n) is 6.76. The van der Waals surface area contributed by atoms with Crippen LogP contribution >= 0.6 is 0 Å². The molecule has 0 spiro atoms. The van der Waals surface area contributed by atoms with E-state index in [-0.39, 0.29) is 18.9 Å². The Morgan fingerprint density at radius 3 is 3.08 bits per heavy atom. The number of carbonyl (C=O) groups excluding carboxylic acids is 1. The minimum atomic E-state index is -0.105. The van der Waals surface area contributed by atoms with Gasteiger partial charge >= 0.3 is 6.03 Å². The van der Waals surface area contributed by atoms with Crippen molar-refractivity contribution in [3.63, 3.8) is 0 Å². The summed E-state index contributed by atoms with van der Waals surface area (Å²) < 4.78 is 16.2. The van der Waals surface area contributed by atoms with Crippen LogP contribution in [-0.2, 0) is 0 Å². The first-order valence-corrected chi connectivity index (χ1v) is 9.10. The minimum Gasteiger partial charge on any atom is -0.492 e. The van der Waals surface area contributed by atoms with Crippen molar-refractivity contribution in [2.24, 2.45) is 0 Å². The number of hydrogen-bond donors (Lipinski definition) is 2. The summed E-state index contributed by atoms with van der Waals surface area (Å²) in [6.07, 6.45) is 4.79. The summed E-state index contributed by atoms with van der Waals surface area (Å²) in [5.74, 6) is 2.14. The highest BCUT2D eigenvalue weighted by atomic mass is 16.7. The van der Waals surface area contributed by atoms with Gasteiger partial charge < -0.3 is 24.8 Å². The molecule has 2 saturated heterocycles. The molecule has 2 fully saturated rings. The van der Waals surface area contributed by atoms with Crippen molar-refractivity contribution in [3.05, 3.63) is 18.2 Å². The predicted molar refractivity (Wildman–Crippen MR) is 92.2 cm³/mol. The van der Waals surface area contributed by atoms with Crippen molar-refractivity contribution in [1.29, 1.82) is 0 Å². The summed E-state index contributed by atoms with van der Waals surface area (Å²) in [5, 5.41) is 6.01. The van der Waals surface area contributed by atoms with Crippen LogP contribution in [0.1, 0.15) is 25.7 Å². The van der Waals surface area contributed by atoms with Crippen LogP contribution in [0.15, 0.2) is 18.2 Å². The fraction of sp³-hybridized carbons (Fsp3) is 0.611. The Morgan fingerprint density at radius 1 is 1.20 bits per heavy atom. The topological polar surface area (TPSA) is 72.1 Å². The molecule has 3 aliphatic rings. The number of benzene rings is 1. The van der Waals surface area contributed by atoms with Gasteiger partial charge in [-0.1, -0.05) is 6.42 Å². The van der Waals surface area contributed by atoms with E-state index in [9.17, 15) is 4.79 Å². The van der Waals surface area contributed by atoms with Gasteiger partial charge in [0.1, 0.15) is 12.4 Å². The van der Waals surface area contributed by atoms with Gasteiger partial charge in [0, 0.05) is 24.7 Å². The van der Waals surface area contributed by atoms with E-state index >= 15 is 0 Å². The lowest BCUT2D eigenvalue weighted by Gasteiger charge is -2.32. The maximum atomic E-state index is 12.1. The first kappa shape index (κ1) is 16.3. The van der Waals surface area contributed by atoms with E-state index in [1.807, 2.05) is 12.1 Å². The second-order valence-corrected chi connectivity index (χ2v) is 6.76. The van der Waals surface area contributed by atoms with Crippen LogP contribution in [0.25, 0.3) is 0 Å². The number of ether oxygens (including phenoxy) is 3. The zero-order chi connectivity index (χ0) is 17.1. The Hall–Kier alpha value is -2.15. The minimum absolute atomic E-state index is 0.105. The Bertz CT molecular complexity index is 624. The van der Waals surface area contributed by atoms with E-state index in [4.69, 9.17) is 14.2 Å². The van der Waals surface area contributed by atoms with Crippen molar-refractivity contribution >= 4 is 6.03 Å². The lowest BCUT2D eigenvalue weighted by atomic mass is 9.99. The van der Waals surface area contributed by atoms with Crippen molar-refractivity contribution < 1.29 is 19.0 Å². The monoisotopic (exact) mass is 347 g/mol. The molecule has 0 aromatic heterocycles. The van der Waals surface area contributed by atoms with Crippen LogP contribution in [0.5, 0.6) is 17.2 Å². The van der Waals surface area contributed by atoms with E-state index < -0.39 is 0 Å². The maximum Gasteiger partial charge on any atom is 0.315 e. The molecule has 4 rings (SSSR count). The lowest BCUT2D eigenvalue weighted by molar-refractivity contribution is 0.173. The van der Waals surface area contributed by atoms with Gasteiger partial charge in [0.2, 0.25) is 6.79 Å². The summed E-state index contributed by atoms with van der Waals surface area (Å²) in [6, 6.07) is 6.15. The van der Waals surface area contributed by atoms with Crippen molar-refractivity contribution in [2.75, 3.05) is 33.0 Å². The molecule has 2 atom stereocenters. The number of amides is 2. The van der Waals surface area contributed by atoms with Gasteiger partial charge in [-0.05, 0) is 37.9 Å². The molecule has 7 nitrogen and oxygen atoms in total. The quantitative estimate of drug-likeness (QED) is 0.794. The first-order chi connectivity index (χ1) is 12.3. The van der Waals surface area contributed by atoms with Gasteiger partial charge in [0.05, 0.1) is 6.54 Å². The predicted octanol–water partition coefficient (Wildman–Crippen LogP) is 1.72. The number of nitrogens with one attached hydrogen (secondary N) is 2. The molecule has 2 unspecified atom stereocenters. The van der Waals surface area contributed by atoms with Gasteiger partial charge in [-0.3, -0.25) is 4.90 Å². The van der Waals surface area contributed by atoms with Gasteiger partial charge in [0.25, 0.3) is 0 Å². The maximum absolute atomic E-state index is 12.1. The van der Waals surface area contributed by atoms with Crippen molar-refractivity contribution in [2.45, 2.75) is 37.8 Å². The Labute approximate surface area is 147 Å². The Kier molecular flexibility index (Phi) is 4.83. The highest BCUT2D eigenvalue weighted by Gasteiger charge is 2.36. The Balaban J connectivity index is 1.17. The first-order valence-electron chi connectivity index (χ1n) is 9.10. The summed E-state index contributed by atoms with van der Waals surface area (Å²) in [4.78, 5) is 14.6. The fourth-order valence-electron chi connectivity index (χ4n) is 3.94. The van der Waals surface area contributed by atoms with Crippen LogP contribution in [-0.4, -0.2) is 56.0 Å². The largest absolute Gasteiger partial charge is 0.492 e. The van der Waals surface area contributed by atoms with Crippen LogP contribution in [0.2, 0.25) is 0 Å². The standard InChI is InChI=1S/C18H25N3O4/c22-18(20-14-6-9-21-8-2-1-3-15(14)21)19-7-10-23-13-4-5-16-17(11-13)25-12-24-16/h4-5,11,14-15H,1-3,6-10,12H2,(H2,19,20,22). The Morgan fingerprint density at radius 2 is 2.12 bits per heavy atom. The molecule has 7 heteroatoms. The summed E-state index contributed by atoms with van der Waals surface area (Å²) in [7, 11) is 0. The molecule has 2 amide bonds. The van der Waals surface area contributed by atoms with E-state index in [2.05, 4.69) is 15.5 Å². The average molecular weight is 347 g/mol. The number of carbonyl (C=O) groups is 1. The third kappa shape index (κ3) is 3.76. The number of urea groups is 1. The molecule has 3 heterocycles. The highest BCUT2D eigenvalue weighted by Crippen LogP contribution is 2.35. The molecule has 1 aromatic rings. The van der Waals surface area contributed by atoms with Gasteiger partial charge in [-0.15, -0.1) is 0 Å². The molecule has 0 saturated carbocycles. The molecule has 136 valence electrons.